The number of rotatable bonds is 3. The van der Waals surface area contributed by atoms with E-state index in [2.05, 4.69) is 15.5 Å². The Morgan fingerprint density at radius 2 is 1.73 bits per heavy atom. The summed E-state index contributed by atoms with van der Waals surface area (Å²) < 4.78 is 0. The molecule has 0 aliphatic heterocycles. The summed E-state index contributed by atoms with van der Waals surface area (Å²) in [5.74, 6) is -0.261. The first-order valence-corrected chi connectivity index (χ1v) is 7.51. The highest BCUT2D eigenvalue weighted by molar-refractivity contribution is 7.16. The summed E-state index contributed by atoms with van der Waals surface area (Å²) in [4.78, 5) is 12.2. The van der Waals surface area contributed by atoms with Gasteiger partial charge in [0, 0.05) is 16.9 Å². The standard InChI is InChI=1S/C16H14N4OS/c1-10-2-8-13(9-3-10)18-14(21)16-20-19-15(22-16)11-4-6-12(17)7-5-11/h2-9H,17H2,1H3,(H,18,21). The number of anilines is 2. The fourth-order valence-electron chi connectivity index (χ4n) is 1.88. The van der Waals surface area contributed by atoms with Gasteiger partial charge in [0.25, 0.3) is 5.91 Å². The molecule has 0 unspecified atom stereocenters. The molecule has 1 amide bonds. The van der Waals surface area contributed by atoms with Crippen molar-refractivity contribution in [2.75, 3.05) is 11.1 Å². The second kappa shape index (κ2) is 5.95. The molecule has 22 heavy (non-hydrogen) atoms. The van der Waals surface area contributed by atoms with Crippen LogP contribution in [0.4, 0.5) is 11.4 Å². The second-order valence-corrected chi connectivity index (χ2v) is 5.83. The van der Waals surface area contributed by atoms with Crippen molar-refractivity contribution in [3.8, 4) is 10.6 Å². The lowest BCUT2D eigenvalue weighted by Gasteiger charge is -2.02. The summed E-state index contributed by atoms with van der Waals surface area (Å²) in [5, 5.41) is 11.8. The molecule has 3 N–H and O–H groups in total. The maximum absolute atomic E-state index is 12.2. The lowest BCUT2D eigenvalue weighted by Crippen LogP contribution is -2.11. The molecule has 1 heterocycles. The third kappa shape index (κ3) is 3.12. The predicted octanol–water partition coefficient (Wildman–Crippen LogP) is 3.35. The van der Waals surface area contributed by atoms with E-state index in [4.69, 9.17) is 5.73 Å². The second-order valence-electron chi connectivity index (χ2n) is 4.85. The maximum atomic E-state index is 12.2. The summed E-state index contributed by atoms with van der Waals surface area (Å²) in [6.07, 6.45) is 0. The molecular formula is C16H14N4OS. The van der Waals surface area contributed by atoms with Gasteiger partial charge in [0.15, 0.2) is 0 Å². The number of hydrogen-bond acceptors (Lipinski definition) is 5. The van der Waals surface area contributed by atoms with Crippen LogP contribution in [-0.2, 0) is 0 Å². The van der Waals surface area contributed by atoms with Crippen LogP contribution in [-0.4, -0.2) is 16.1 Å². The van der Waals surface area contributed by atoms with Gasteiger partial charge in [0.2, 0.25) is 5.01 Å². The van der Waals surface area contributed by atoms with E-state index in [9.17, 15) is 4.79 Å². The Kier molecular flexibility index (Phi) is 3.84. The maximum Gasteiger partial charge on any atom is 0.286 e. The molecule has 5 nitrogen and oxygen atoms in total. The summed E-state index contributed by atoms with van der Waals surface area (Å²) in [6, 6.07) is 14.9. The number of benzene rings is 2. The minimum Gasteiger partial charge on any atom is -0.399 e. The van der Waals surface area contributed by atoms with Gasteiger partial charge < -0.3 is 11.1 Å². The molecule has 0 saturated heterocycles. The van der Waals surface area contributed by atoms with Crippen LogP contribution in [0, 0.1) is 6.92 Å². The number of nitrogens with two attached hydrogens (primary N) is 1. The summed E-state index contributed by atoms with van der Waals surface area (Å²) in [7, 11) is 0. The number of nitrogens with zero attached hydrogens (tertiary/aromatic N) is 2. The molecule has 0 fully saturated rings. The minimum absolute atomic E-state index is 0.261. The van der Waals surface area contributed by atoms with Gasteiger partial charge in [-0.2, -0.15) is 0 Å². The molecule has 0 saturated carbocycles. The van der Waals surface area contributed by atoms with Gasteiger partial charge >= 0.3 is 0 Å². The molecule has 0 spiro atoms. The van der Waals surface area contributed by atoms with Gasteiger partial charge in [-0.25, -0.2) is 0 Å². The number of aromatic nitrogens is 2. The molecule has 3 rings (SSSR count). The molecule has 0 atom stereocenters. The Labute approximate surface area is 131 Å². The van der Waals surface area contributed by atoms with Gasteiger partial charge in [-0.3, -0.25) is 4.79 Å². The zero-order chi connectivity index (χ0) is 15.5. The molecule has 0 aliphatic carbocycles. The van der Waals surface area contributed by atoms with Crippen molar-refractivity contribution >= 4 is 28.6 Å². The molecule has 0 aliphatic rings. The molecule has 2 aromatic carbocycles. The average molecular weight is 310 g/mol. The van der Waals surface area contributed by atoms with Gasteiger partial charge in [0.05, 0.1) is 0 Å². The van der Waals surface area contributed by atoms with Crippen LogP contribution in [0.15, 0.2) is 48.5 Å². The van der Waals surface area contributed by atoms with Crippen LogP contribution in [0.3, 0.4) is 0 Å². The highest BCUT2D eigenvalue weighted by Gasteiger charge is 2.14. The third-order valence-corrected chi connectivity index (χ3v) is 4.06. The van der Waals surface area contributed by atoms with Crippen molar-refractivity contribution in [1.82, 2.24) is 10.2 Å². The summed E-state index contributed by atoms with van der Waals surface area (Å²) >= 11 is 1.25. The molecule has 3 aromatic rings. The van der Waals surface area contributed by atoms with E-state index >= 15 is 0 Å². The lowest BCUT2D eigenvalue weighted by molar-refractivity contribution is 0.102. The topological polar surface area (TPSA) is 80.9 Å². The Balaban J connectivity index is 1.76. The van der Waals surface area contributed by atoms with Crippen molar-refractivity contribution < 1.29 is 4.79 Å². The van der Waals surface area contributed by atoms with E-state index < -0.39 is 0 Å². The minimum atomic E-state index is -0.261. The third-order valence-electron chi connectivity index (χ3n) is 3.09. The smallest absolute Gasteiger partial charge is 0.286 e. The molecule has 0 radical (unpaired) electrons. The van der Waals surface area contributed by atoms with Gasteiger partial charge in [-0.05, 0) is 43.3 Å². The molecule has 6 heteroatoms. The van der Waals surface area contributed by atoms with Crippen LogP contribution in [0.5, 0.6) is 0 Å². The Hall–Kier alpha value is -2.73. The normalized spacial score (nSPS) is 10.4. The number of carbonyl (C=O) groups excluding carboxylic acids is 1. The molecular weight excluding hydrogens is 296 g/mol. The quantitative estimate of drug-likeness (QED) is 0.727. The summed E-state index contributed by atoms with van der Waals surface area (Å²) in [5.41, 5.74) is 9.11. The average Bonchev–Trinajstić information content (AvgIpc) is 3.00. The number of aryl methyl sites for hydroxylation is 1. The number of carbonyl (C=O) groups is 1. The fraction of sp³-hybridized carbons (Fsp3) is 0.0625. The first-order valence-electron chi connectivity index (χ1n) is 6.69. The molecule has 110 valence electrons. The zero-order valence-electron chi connectivity index (χ0n) is 11.9. The SMILES string of the molecule is Cc1ccc(NC(=O)c2nnc(-c3ccc(N)cc3)s2)cc1. The first kappa shape index (κ1) is 14.2. The lowest BCUT2D eigenvalue weighted by atomic mass is 10.2. The van der Waals surface area contributed by atoms with Gasteiger partial charge in [-0.1, -0.05) is 29.0 Å². The van der Waals surface area contributed by atoms with Crippen LogP contribution >= 0.6 is 11.3 Å². The van der Waals surface area contributed by atoms with E-state index in [0.29, 0.717) is 15.7 Å². The predicted molar refractivity (Wildman–Crippen MR) is 88.9 cm³/mol. The Bertz CT molecular complexity index is 794. The van der Waals surface area contributed by atoms with E-state index in [-0.39, 0.29) is 5.91 Å². The van der Waals surface area contributed by atoms with Crippen LogP contribution in [0.2, 0.25) is 0 Å². The van der Waals surface area contributed by atoms with Crippen molar-refractivity contribution in [3.05, 3.63) is 59.1 Å². The van der Waals surface area contributed by atoms with E-state index in [1.54, 1.807) is 12.1 Å². The monoisotopic (exact) mass is 310 g/mol. The molecule has 0 bridgehead atoms. The van der Waals surface area contributed by atoms with Crippen LogP contribution in [0.25, 0.3) is 10.6 Å². The van der Waals surface area contributed by atoms with Crippen LogP contribution in [0.1, 0.15) is 15.4 Å². The largest absolute Gasteiger partial charge is 0.399 e. The summed E-state index contributed by atoms with van der Waals surface area (Å²) in [6.45, 7) is 2.00. The van der Waals surface area contributed by atoms with Crippen molar-refractivity contribution in [2.45, 2.75) is 6.92 Å². The van der Waals surface area contributed by atoms with Gasteiger partial charge in [0.1, 0.15) is 5.01 Å². The highest BCUT2D eigenvalue weighted by Crippen LogP contribution is 2.24. The molecule has 1 aromatic heterocycles. The number of amides is 1. The first-order chi connectivity index (χ1) is 10.6. The van der Waals surface area contributed by atoms with Crippen LogP contribution < -0.4 is 11.1 Å². The van der Waals surface area contributed by atoms with E-state index in [0.717, 1.165) is 16.8 Å². The van der Waals surface area contributed by atoms with Crippen molar-refractivity contribution in [3.63, 3.8) is 0 Å². The number of nitrogens with one attached hydrogen (secondary N) is 1. The zero-order valence-corrected chi connectivity index (χ0v) is 12.7. The number of hydrogen-bond donors (Lipinski definition) is 2. The fourth-order valence-corrected chi connectivity index (χ4v) is 2.62. The van der Waals surface area contributed by atoms with E-state index in [1.807, 2.05) is 43.3 Å². The Morgan fingerprint density at radius 1 is 1.05 bits per heavy atom. The van der Waals surface area contributed by atoms with Crippen molar-refractivity contribution in [2.24, 2.45) is 0 Å². The Morgan fingerprint density at radius 3 is 2.41 bits per heavy atom. The van der Waals surface area contributed by atoms with Gasteiger partial charge in [-0.15, -0.1) is 10.2 Å². The highest BCUT2D eigenvalue weighted by atomic mass is 32.1. The van der Waals surface area contributed by atoms with Crippen molar-refractivity contribution in [1.29, 1.82) is 0 Å². The van der Waals surface area contributed by atoms with E-state index in [1.165, 1.54) is 11.3 Å². The number of nitrogen functional groups attached to an aromatic ring is 1.